The zero-order valence-electron chi connectivity index (χ0n) is 16.7. The number of hydrogen-bond donors (Lipinski definition) is 2. The lowest BCUT2D eigenvalue weighted by Crippen LogP contribution is -2.46. The van der Waals surface area contributed by atoms with Crippen LogP contribution in [0.25, 0.3) is 0 Å². The van der Waals surface area contributed by atoms with Gasteiger partial charge >= 0.3 is 0 Å². The number of aryl methyl sites for hydroxylation is 2. The molecule has 2 amide bonds. The molecule has 160 valence electrons. The highest BCUT2D eigenvalue weighted by Gasteiger charge is 2.28. The zero-order chi connectivity index (χ0) is 18.5. The van der Waals surface area contributed by atoms with Crippen molar-refractivity contribution in [1.29, 1.82) is 0 Å². The van der Waals surface area contributed by atoms with Crippen LogP contribution < -0.4 is 10.6 Å². The number of thiazole rings is 1. The molecule has 0 aromatic carbocycles. The van der Waals surface area contributed by atoms with Gasteiger partial charge in [-0.3, -0.25) is 9.59 Å². The lowest BCUT2D eigenvalue weighted by atomic mass is 9.97. The molecule has 2 fully saturated rings. The van der Waals surface area contributed by atoms with E-state index in [1.54, 1.807) is 11.3 Å². The van der Waals surface area contributed by atoms with Crippen LogP contribution >= 0.6 is 36.2 Å². The summed E-state index contributed by atoms with van der Waals surface area (Å²) in [6.07, 6.45) is 6.02. The fourth-order valence-corrected chi connectivity index (χ4v) is 4.94. The standard InChI is InChI=1S/C19H30N4O2S.2ClH/c1-3-6-16-22-13(2)17(26-16)19(25)23-10-5-7-14(12-23)11-21-18(24)15-8-4-9-20-15;;/h14-15,20H,3-12H2,1-2H3,(H,21,24);2*1H. The number of hydrogen-bond acceptors (Lipinski definition) is 5. The molecule has 0 spiro atoms. The maximum absolute atomic E-state index is 12.9. The van der Waals surface area contributed by atoms with Crippen molar-refractivity contribution in [2.45, 2.75) is 58.4 Å². The molecule has 3 rings (SSSR count). The van der Waals surface area contributed by atoms with Crippen LogP contribution in [0.5, 0.6) is 0 Å². The second-order valence-corrected chi connectivity index (χ2v) is 8.51. The first-order valence-electron chi connectivity index (χ1n) is 9.85. The van der Waals surface area contributed by atoms with E-state index in [0.29, 0.717) is 12.5 Å². The second kappa shape index (κ2) is 12.0. The maximum atomic E-state index is 12.9. The van der Waals surface area contributed by atoms with E-state index >= 15 is 0 Å². The number of nitrogens with one attached hydrogen (secondary N) is 2. The monoisotopic (exact) mass is 450 g/mol. The molecule has 6 nitrogen and oxygen atoms in total. The van der Waals surface area contributed by atoms with E-state index in [0.717, 1.165) is 73.7 Å². The molecule has 0 saturated carbocycles. The third-order valence-electron chi connectivity index (χ3n) is 5.25. The number of likely N-dealkylation sites (tertiary alicyclic amines) is 1. The van der Waals surface area contributed by atoms with E-state index < -0.39 is 0 Å². The minimum absolute atomic E-state index is 0. The minimum Gasteiger partial charge on any atom is -0.354 e. The third kappa shape index (κ3) is 6.31. The predicted molar refractivity (Wildman–Crippen MR) is 118 cm³/mol. The maximum Gasteiger partial charge on any atom is 0.265 e. The quantitative estimate of drug-likeness (QED) is 0.698. The minimum atomic E-state index is -0.0341. The Labute approximate surface area is 184 Å². The first-order valence-corrected chi connectivity index (χ1v) is 10.7. The fourth-order valence-electron chi connectivity index (χ4n) is 3.81. The fraction of sp³-hybridized carbons (Fsp3) is 0.737. The summed E-state index contributed by atoms with van der Waals surface area (Å²) in [6, 6.07) is -0.0341. The zero-order valence-corrected chi connectivity index (χ0v) is 19.1. The van der Waals surface area contributed by atoms with Crippen molar-refractivity contribution < 1.29 is 9.59 Å². The van der Waals surface area contributed by atoms with Crippen molar-refractivity contribution in [1.82, 2.24) is 20.5 Å². The molecule has 1 aromatic heterocycles. The number of carbonyl (C=O) groups is 2. The van der Waals surface area contributed by atoms with E-state index in [1.165, 1.54) is 0 Å². The number of halogens is 2. The van der Waals surface area contributed by atoms with E-state index in [-0.39, 0.29) is 42.7 Å². The summed E-state index contributed by atoms with van der Waals surface area (Å²) in [5, 5.41) is 7.36. The smallest absolute Gasteiger partial charge is 0.265 e. The number of amides is 2. The summed E-state index contributed by atoms with van der Waals surface area (Å²) in [6.45, 7) is 7.16. The molecule has 2 unspecified atom stereocenters. The summed E-state index contributed by atoms with van der Waals surface area (Å²) in [4.78, 5) is 32.4. The summed E-state index contributed by atoms with van der Waals surface area (Å²) in [5.74, 6) is 0.547. The van der Waals surface area contributed by atoms with Gasteiger partial charge < -0.3 is 15.5 Å². The molecule has 3 heterocycles. The average molecular weight is 451 g/mol. The predicted octanol–water partition coefficient (Wildman–Crippen LogP) is 2.97. The van der Waals surface area contributed by atoms with E-state index in [1.807, 2.05) is 11.8 Å². The normalized spacial score (nSPS) is 21.6. The number of rotatable bonds is 6. The highest BCUT2D eigenvalue weighted by molar-refractivity contribution is 7.13. The van der Waals surface area contributed by atoms with Gasteiger partial charge in [0, 0.05) is 19.6 Å². The van der Waals surface area contributed by atoms with Crippen LogP contribution in [0.1, 0.15) is 59.4 Å². The highest BCUT2D eigenvalue weighted by atomic mass is 35.5. The van der Waals surface area contributed by atoms with Crippen molar-refractivity contribution in [2.75, 3.05) is 26.2 Å². The van der Waals surface area contributed by atoms with Gasteiger partial charge in [-0.1, -0.05) is 6.92 Å². The van der Waals surface area contributed by atoms with Crippen LogP contribution in [-0.2, 0) is 11.2 Å². The Morgan fingerprint density at radius 1 is 1.29 bits per heavy atom. The number of piperidine rings is 1. The summed E-state index contributed by atoms with van der Waals surface area (Å²) in [7, 11) is 0. The molecule has 9 heteroatoms. The molecule has 0 bridgehead atoms. The summed E-state index contributed by atoms with van der Waals surface area (Å²) < 4.78 is 0. The number of aromatic nitrogens is 1. The average Bonchev–Trinajstić information content (AvgIpc) is 3.30. The summed E-state index contributed by atoms with van der Waals surface area (Å²) in [5.41, 5.74) is 0.853. The molecule has 0 aliphatic carbocycles. The Hall–Kier alpha value is -0.890. The van der Waals surface area contributed by atoms with Gasteiger partial charge in [0.2, 0.25) is 5.91 Å². The van der Waals surface area contributed by atoms with E-state index in [2.05, 4.69) is 22.5 Å². The molecular formula is C19H32Cl2N4O2S. The van der Waals surface area contributed by atoms with E-state index in [9.17, 15) is 9.59 Å². The van der Waals surface area contributed by atoms with Crippen molar-refractivity contribution in [3.05, 3.63) is 15.6 Å². The Bertz CT molecular complexity index is 650. The van der Waals surface area contributed by atoms with Crippen LogP contribution in [0.3, 0.4) is 0 Å². The Morgan fingerprint density at radius 3 is 2.75 bits per heavy atom. The molecule has 2 aliphatic rings. The molecule has 2 N–H and O–H groups in total. The van der Waals surface area contributed by atoms with Gasteiger partial charge in [0.25, 0.3) is 5.91 Å². The molecule has 0 radical (unpaired) electrons. The van der Waals surface area contributed by atoms with E-state index in [4.69, 9.17) is 0 Å². The van der Waals surface area contributed by atoms with Crippen molar-refractivity contribution in [2.24, 2.45) is 5.92 Å². The molecule has 28 heavy (non-hydrogen) atoms. The first kappa shape index (κ1) is 25.1. The lowest BCUT2D eigenvalue weighted by molar-refractivity contribution is -0.123. The van der Waals surface area contributed by atoms with Gasteiger partial charge in [-0.15, -0.1) is 36.2 Å². The van der Waals surface area contributed by atoms with Crippen LogP contribution in [0, 0.1) is 12.8 Å². The third-order valence-corrected chi connectivity index (χ3v) is 6.45. The molecular weight excluding hydrogens is 419 g/mol. The molecule has 2 aliphatic heterocycles. The second-order valence-electron chi connectivity index (χ2n) is 7.43. The Morgan fingerprint density at radius 2 is 2.07 bits per heavy atom. The van der Waals surface area contributed by atoms with Gasteiger partial charge in [-0.25, -0.2) is 4.98 Å². The first-order chi connectivity index (χ1) is 12.6. The van der Waals surface area contributed by atoms with Gasteiger partial charge in [-0.05, 0) is 57.9 Å². The number of nitrogens with zero attached hydrogens (tertiary/aromatic N) is 2. The van der Waals surface area contributed by atoms with Gasteiger partial charge in [0.15, 0.2) is 0 Å². The molecule has 2 saturated heterocycles. The summed E-state index contributed by atoms with van der Waals surface area (Å²) >= 11 is 1.54. The molecule has 2 atom stereocenters. The van der Waals surface area contributed by atoms with Crippen molar-refractivity contribution >= 4 is 48.0 Å². The van der Waals surface area contributed by atoms with Gasteiger partial charge in [-0.2, -0.15) is 0 Å². The molecule has 1 aromatic rings. The number of carbonyl (C=O) groups excluding carboxylic acids is 2. The lowest BCUT2D eigenvalue weighted by Gasteiger charge is -2.33. The largest absolute Gasteiger partial charge is 0.354 e. The van der Waals surface area contributed by atoms with Gasteiger partial charge in [0.05, 0.1) is 16.7 Å². The van der Waals surface area contributed by atoms with Crippen LogP contribution in [0.15, 0.2) is 0 Å². The van der Waals surface area contributed by atoms with Crippen LogP contribution in [-0.4, -0.2) is 53.9 Å². The topological polar surface area (TPSA) is 74.3 Å². The SMILES string of the molecule is CCCc1nc(C)c(C(=O)N2CCCC(CNC(=O)C3CCCN3)C2)s1.Cl.Cl. The Balaban J connectivity index is 0.00000196. The highest BCUT2D eigenvalue weighted by Crippen LogP contribution is 2.24. The Kier molecular flexibility index (Phi) is 10.7. The van der Waals surface area contributed by atoms with Crippen LogP contribution in [0.4, 0.5) is 0 Å². The van der Waals surface area contributed by atoms with Crippen LogP contribution in [0.2, 0.25) is 0 Å². The van der Waals surface area contributed by atoms with Gasteiger partial charge in [0.1, 0.15) is 4.88 Å². The van der Waals surface area contributed by atoms with Crippen molar-refractivity contribution in [3.8, 4) is 0 Å². The van der Waals surface area contributed by atoms with Crippen molar-refractivity contribution in [3.63, 3.8) is 0 Å².